The first-order valence-electron chi connectivity index (χ1n) is 6.38. The first-order valence-corrected chi connectivity index (χ1v) is 6.76. The van der Waals surface area contributed by atoms with Gasteiger partial charge in [0.2, 0.25) is 5.91 Å². The van der Waals surface area contributed by atoms with Crippen molar-refractivity contribution in [2.24, 2.45) is 5.92 Å². The zero-order valence-corrected chi connectivity index (χ0v) is 11.4. The Kier molecular flexibility index (Phi) is 4.12. The van der Waals surface area contributed by atoms with E-state index < -0.39 is 0 Å². The van der Waals surface area contributed by atoms with Crippen molar-refractivity contribution in [1.29, 1.82) is 0 Å². The SMILES string of the molecule is CC1CCC(=O)N(Cc2c(N)cccc2Cl)CC1. The molecule has 1 atom stereocenters. The summed E-state index contributed by atoms with van der Waals surface area (Å²) < 4.78 is 0. The predicted octanol–water partition coefficient (Wildman–Crippen LogP) is 3.07. The maximum absolute atomic E-state index is 12.0. The minimum Gasteiger partial charge on any atom is -0.398 e. The van der Waals surface area contributed by atoms with Gasteiger partial charge < -0.3 is 10.6 Å². The fraction of sp³-hybridized carbons (Fsp3) is 0.500. The molecule has 0 bridgehead atoms. The number of halogens is 1. The number of benzene rings is 1. The maximum Gasteiger partial charge on any atom is 0.222 e. The van der Waals surface area contributed by atoms with Gasteiger partial charge in [-0.3, -0.25) is 4.79 Å². The molecule has 0 aliphatic carbocycles. The smallest absolute Gasteiger partial charge is 0.222 e. The lowest BCUT2D eigenvalue weighted by molar-refractivity contribution is -0.131. The normalized spacial score (nSPS) is 20.9. The highest BCUT2D eigenvalue weighted by Crippen LogP contribution is 2.26. The number of carbonyl (C=O) groups excluding carboxylic acids is 1. The van der Waals surface area contributed by atoms with E-state index in [4.69, 9.17) is 17.3 Å². The topological polar surface area (TPSA) is 46.3 Å². The molecule has 18 heavy (non-hydrogen) atoms. The largest absolute Gasteiger partial charge is 0.398 e. The lowest BCUT2D eigenvalue weighted by atomic mass is 10.0. The van der Waals surface area contributed by atoms with Crippen LogP contribution in [-0.2, 0) is 11.3 Å². The molecule has 1 amide bonds. The van der Waals surface area contributed by atoms with Crippen molar-refractivity contribution in [3.63, 3.8) is 0 Å². The van der Waals surface area contributed by atoms with Gasteiger partial charge in [0.15, 0.2) is 0 Å². The van der Waals surface area contributed by atoms with Crippen LogP contribution >= 0.6 is 11.6 Å². The highest BCUT2D eigenvalue weighted by molar-refractivity contribution is 6.31. The van der Waals surface area contributed by atoms with Crippen LogP contribution in [0.5, 0.6) is 0 Å². The van der Waals surface area contributed by atoms with E-state index in [-0.39, 0.29) is 5.91 Å². The highest BCUT2D eigenvalue weighted by Gasteiger charge is 2.21. The fourth-order valence-corrected chi connectivity index (χ4v) is 2.52. The Morgan fingerprint density at radius 3 is 2.94 bits per heavy atom. The second-order valence-electron chi connectivity index (χ2n) is 5.06. The molecule has 1 aliphatic rings. The predicted molar refractivity (Wildman–Crippen MR) is 74.3 cm³/mol. The average Bonchev–Trinajstić information content (AvgIpc) is 2.48. The Labute approximate surface area is 113 Å². The molecule has 1 saturated heterocycles. The summed E-state index contributed by atoms with van der Waals surface area (Å²) in [5.41, 5.74) is 7.45. The first-order chi connectivity index (χ1) is 8.58. The van der Waals surface area contributed by atoms with Crippen molar-refractivity contribution < 1.29 is 4.79 Å². The minimum atomic E-state index is 0.207. The maximum atomic E-state index is 12.0. The second kappa shape index (κ2) is 5.61. The molecule has 0 spiro atoms. The molecular formula is C14H19ClN2O. The number of hydrogen-bond acceptors (Lipinski definition) is 2. The third-order valence-corrected chi connectivity index (χ3v) is 3.95. The summed E-state index contributed by atoms with van der Waals surface area (Å²) in [4.78, 5) is 13.9. The quantitative estimate of drug-likeness (QED) is 0.837. The van der Waals surface area contributed by atoms with Gasteiger partial charge in [-0.2, -0.15) is 0 Å². The molecule has 0 saturated carbocycles. The van der Waals surface area contributed by atoms with Crippen molar-refractivity contribution in [1.82, 2.24) is 4.90 Å². The number of hydrogen-bond donors (Lipinski definition) is 1. The van der Waals surface area contributed by atoms with Crippen LogP contribution in [0.3, 0.4) is 0 Å². The Morgan fingerprint density at radius 1 is 1.44 bits per heavy atom. The molecule has 1 fully saturated rings. The average molecular weight is 267 g/mol. The number of nitrogens with zero attached hydrogens (tertiary/aromatic N) is 1. The van der Waals surface area contributed by atoms with Gasteiger partial charge >= 0.3 is 0 Å². The Bertz CT molecular complexity index is 427. The summed E-state index contributed by atoms with van der Waals surface area (Å²) in [7, 11) is 0. The van der Waals surface area contributed by atoms with Gasteiger partial charge in [0, 0.05) is 35.8 Å². The fourth-order valence-electron chi connectivity index (χ4n) is 2.27. The third-order valence-electron chi connectivity index (χ3n) is 3.60. The number of likely N-dealkylation sites (tertiary alicyclic amines) is 1. The third kappa shape index (κ3) is 2.96. The van der Waals surface area contributed by atoms with Gasteiger partial charge in [0.25, 0.3) is 0 Å². The van der Waals surface area contributed by atoms with Crippen molar-refractivity contribution in [2.75, 3.05) is 12.3 Å². The van der Waals surface area contributed by atoms with Crippen LogP contribution in [0.2, 0.25) is 5.02 Å². The molecule has 1 aromatic rings. The molecule has 2 rings (SSSR count). The zero-order valence-electron chi connectivity index (χ0n) is 10.7. The monoisotopic (exact) mass is 266 g/mol. The van der Waals surface area contributed by atoms with Crippen LogP contribution in [0.25, 0.3) is 0 Å². The summed E-state index contributed by atoms with van der Waals surface area (Å²) in [6.07, 6.45) is 2.66. The summed E-state index contributed by atoms with van der Waals surface area (Å²) >= 11 is 6.15. The lowest BCUT2D eigenvalue weighted by Gasteiger charge is -2.22. The minimum absolute atomic E-state index is 0.207. The number of nitrogen functional groups attached to an aromatic ring is 1. The van der Waals surface area contributed by atoms with Crippen LogP contribution in [-0.4, -0.2) is 17.4 Å². The van der Waals surface area contributed by atoms with Crippen LogP contribution in [0.4, 0.5) is 5.69 Å². The van der Waals surface area contributed by atoms with E-state index in [0.29, 0.717) is 29.6 Å². The molecular weight excluding hydrogens is 248 g/mol. The van der Waals surface area contributed by atoms with E-state index in [1.165, 1.54) is 0 Å². The number of carbonyl (C=O) groups is 1. The van der Waals surface area contributed by atoms with E-state index in [1.807, 2.05) is 23.1 Å². The van der Waals surface area contributed by atoms with Gasteiger partial charge in [0.1, 0.15) is 0 Å². The van der Waals surface area contributed by atoms with E-state index in [9.17, 15) is 4.79 Å². The summed E-state index contributed by atoms with van der Waals surface area (Å²) in [5, 5.41) is 0.639. The molecule has 1 unspecified atom stereocenters. The molecule has 0 radical (unpaired) electrons. The van der Waals surface area contributed by atoms with E-state index >= 15 is 0 Å². The summed E-state index contributed by atoms with van der Waals surface area (Å²) in [6.45, 7) is 3.52. The second-order valence-corrected chi connectivity index (χ2v) is 5.46. The van der Waals surface area contributed by atoms with Crippen molar-refractivity contribution >= 4 is 23.2 Å². The number of rotatable bonds is 2. The molecule has 3 nitrogen and oxygen atoms in total. The summed E-state index contributed by atoms with van der Waals surface area (Å²) in [5.74, 6) is 0.821. The highest BCUT2D eigenvalue weighted by atomic mass is 35.5. The van der Waals surface area contributed by atoms with E-state index in [0.717, 1.165) is 24.9 Å². The van der Waals surface area contributed by atoms with Crippen molar-refractivity contribution in [2.45, 2.75) is 32.7 Å². The van der Waals surface area contributed by atoms with Gasteiger partial charge in [0.05, 0.1) is 0 Å². The van der Waals surface area contributed by atoms with E-state index in [2.05, 4.69) is 6.92 Å². The lowest BCUT2D eigenvalue weighted by Crippen LogP contribution is -2.30. The van der Waals surface area contributed by atoms with Gasteiger partial charge in [-0.15, -0.1) is 0 Å². The Morgan fingerprint density at radius 2 is 2.22 bits per heavy atom. The zero-order chi connectivity index (χ0) is 13.1. The first kappa shape index (κ1) is 13.2. The van der Waals surface area contributed by atoms with Crippen LogP contribution < -0.4 is 5.73 Å². The van der Waals surface area contributed by atoms with Crippen LogP contribution in [0, 0.1) is 5.92 Å². The van der Waals surface area contributed by atoms with Gasteiger partial charge in [-0.25, -0.2) is 0 Å². The number of anilines is 1. The number of amides is 1. The van der Waals surface area contributed by atoms with E-state index in [1.54, 1.807) is 0 Å². The van der Waals surface area contributed by atoms with Crippen molar-refractivity contribution in [3.8, 4) is 0 Å². The van der Waals surface area contributed by atoms with Gasteiger partial charge in [-0.05, 0) is 30.9 Å². The van der Waals surface area contributed by atoms with Gasteiger partial charge in [-0.1, -0.05) is 24.6 Å². The molecule has 98 valence electrons. The van der Waals surface area contributed by atoms with Crippen LogP contribution in [0.15, 0.2) is 18.2 Å². The molecule has 1 heterocycles. The Hall–Kier alpha value is -1.22. The van der Waals surface area contributed by atoms with Crippen LogP contribution in [0.1, 0.15) is 31.7 Å². The summed E-state index contributed by atoms with van der Waals surface area (Å²) in [6, 6.07) is 5.47. The number of nitrogens with two attached hydrogens (primary N) is 1. The molecule has 1 aromatic carbocycles. The molecule has 4 heteroatoms. The molecule has 0 aromatic heterocycles. The molecule has 1 aliphatic heterocycles. The molecule has 2 N–H and O–H groups in total. The standard InChI is InChI=1S/C14H19ClN2O/c1-10-5-6-14(18)17(8-7-10)9-11-12(15)3-2-4-13(11)16/h2-4,10H,5-9,16H2,1H3. The Balaban J connectivity index is 2.15. The van der Waals surface area contributed by atoms with Crippen molar-refractivity contribution in [3.05, 3.63) is 28.8 Å².